The lowest BCUT2D eigenvalue weighted by Crippen LogP contribution is -2.43. The predicted molar refractivity (Wildman–Crippen MR) is 107 cm³/mol. The third kappa shape index (κ3) is 7.69. The zero-order valence-corrected chi connectivity index (χ0v) is 17.7. The van der Waals surface area contributed by atoms with E-state index in [1.807, 2.05) is 64.9 Å². The number of rotatable bonds is 6. The van der Waals surface area contributed by atoms with E-state index in [2.05, 4.69) is 10.4 Å². The summed E-state index contributed by atoms with van der Waals surface area (Å²) < 4.78 is 6.91. The first-order chi connectivity index (χ1) is 13.2. The van der Waals surface area contributed by atoms with Gasteiger partial charge in [0.15, 0.2) is 0 Å². The second kappa shape index (κ2) is 10.8. The number of nitrogens with zero attached hydrogens (tertiary/aromatic N) is 4. The summed E-state index contributed by atoms with van der Waals surface area (Å²) >= 11 is 0. The molecule has 1 unspecified atom stereocenters. The van der Waals surface area contributed by atoms with Crippen LogP contribution < -0.4 is 5.32 Å². The molecule has 1 aliphatic heterocycles. The Morgan fingerprint density at radius 1 is 1.46 bits per heavy atom. The number of hydroxylamine groups is 2. The molecule has 2 N–H and O–H groups in total. The highest BCUT2D eigenvalue weighted by Gasteiger charge is 2.23. The van der Waals surface area contributed by atoms with Crippen molar-refractivity contribution in [2.75, 3.05) is 26.7 Å². The fourth-order valence-corrected chi connectivity index (χ4v) is 2.64. The lowest BCUT2D eigenvalue weighted by atomic mass is 10.1. The fraction of sp³-hybridized carbons (Fsp3) is 0.632. The zero-order valence-electron chi connectivity index (χ0n) is 17.7. The van der Waals surface area contributed by atoms with E-state index in [4.69, 9.17) is 4.74 Å². The average Bonchev–Trinajstić information content (AvgIpc) is 3.09. The molecule has 28 heavy (non-hydrogen) atoms. The number of hydrogen-bond donors (Lipinski definition) is 2. The van der Waals surface area contributed by atoms with Crippen LogP contribution >= 0.6 is 0 Å². The smallest absolute Gasteiger partial charge is 0.407 e. The van der Waals surface area contributed by atoms with Gasteiger partial charge in [-0.3, -0.25) is 14.9 Å². The molecule has 9 heteroatoms. The highest BCUT2D eigenvalue weighted by atomic mass is 16.6. The molecule has 0 fully saturated rings. The lowest BCUT2D eigenvalue weighted by molar-refractivity contribution is -0.157. The molecule has 0 aliphatic carbocycles. The molecule has 1 atom stereocenters. The summed E-state index contributed by atoms with van der Waals surface area (Å²) in [7, 11) is 1.91. The molecule has 1 aliphatic rings. The van der Waals surface area contributed by atoms with Gasteiger partial charge in [0.05, 0.1) is 17.4 Å². The van der Waals surface area contributed by atoms with Gasteiger partial charge in [-0.1, -0.05) is 13.8 Å². The van der Waals surface area contributed by atoms with E-state index in [1.54, 1.807) is 4.68 Å². The first kappa shape index (κ1) is 23.6. The van der Waals surface area contributed by atoms with Crippen molar-refractivity contribution in [1.29, 1.82) is 0 Å². The van der Waals surface area contributed by atoms with Crippen LogP contribution in [0, 0.1) is 0 Å². The molecule has 9 nitrogen and oxygen atoms in total. The maximum absolute atomic E-state index is 11.6. The summed E-state index contributed by atoms with van der Waals surface area (Å²) in [5.41, 5.74) is 1.17. The molecule has 0 radical (unpaired) electrons. The number of nitrogens with one attached hydrogen (secondary N) is 1. The van der Waals surface area contributed by atoms with Crippen LogP contribution in [0.2, 0.25) is 0 Å². The fourth-order valence-electron chi connectivity index (χ4n) is 2.64. The minimum absolute atomic E-state index is 0.398. The third-order valence-electron chi connectivity index (χ3n) is 3.75. The second-order valence-corrected chi connectivity index (χ2v) is 7.34. The largest absolute Gasteiger partial charge is 0.444 e. The van der Waals surface area contributed by atoms with Gasteiger partial charge >= 0.3 is 6.09 Å². The molecule has 1 aromatic rings. The van der Waals surface area contributed by atoms with Gasteiger partial charge in [-0.2, -0.15) is 5.10 Å². The maximum Gasteiger partial charge on any atom is 0.407 e. The Kier molecular flexibility index (Phi) is 9.14. The van der Waals surface area contributed by atoms with Gasteiger partial charge in [-0.25, -0.2) is 14.5 Å². The standard InChI is InChI=1S/C17H27N5O4.C2H6/c1-17(2,3)26-16(24)18-7-5-13-6-8-21(19-13)14-9-15(22(25)12-23)11-20(4)10-14;1-2/h6,8-9,12,15,25H,5,7,10-11H2,1-4H3,(H,18,24);1-2H3. The van der Waals surface area contributed by atoms with Crippen LogP contribution in [0.5, 0.6) is 0 Å². The van der Waals surface area contributed by atoms with Crippen molar-refractivity contribution in [3.63, 3.8) is 0 Å². The number of carbonyl (C=O) groups is 2. The molecule has 2 rings (SSSR count). The number of likely N-dealkylation sites (N-methyl/N-ethyl adjacent to an activating group) is 1. The number of hydrogen-bond acceptors (Lipinski definition) is 6. The molecule has 2 heterocycles. The highest BCUT2D eigenvalue weighted by molar-refractivity contribution is 5.67. The molecule has 0 saturated heterocycles. The third-order valence-corrected chi connectivity index (χ3v) is 3.75. The molecule has 0 bridgehead atoms. The average molecular weight is 396 g/mol. The van der Waals surface area contributed by atoms with Crippen molar-refractivity contribution in [2.45, 2.75) is 52.7 Å². The predicted octanol–water partition coefficient (Wildman–Crippen LogP) is 1.98. The Hall–Kier alpha value is -2.39. The SMILES string of the molecule is CC.CN1CC(n2ccc(CCNC(=O)OC(C)(C)C)n2)=CC(N(O)C=O)C1. The van der Waals surface area contributed by atoms with E-state index in [0.717, 1.165) is 11.4 Å². The van der Waals surface area contributed by atoms with Crippen LogP contribution in [0.1, 0.15) is 40.3 Å². The van der Waals surface area contributed by atoms with Crippen molar-refractivity contribution >= 4 is 18.2 Å². The lowest BCUT2D eigenvalue weighted by Gasteiger charge is -2.31. The summed E-state index contributed by atoms with van der Waals surface area (Å²) in [6.45, 7) is 11.1. The van der Waals surface area contributed by atoms with Crippen LogP contribution in [0.3, 0.4) is 0 Å². The summed E-state index contributed by atoms with van der Waals surface area (Å²) in [5.74, 6) is 0. The van der Waals surface area contributed by atoms with Gasteiger partial charge in [-0.15, -0.1) is 0 Å². The number of amides is 2. The van der Waals surface area contributed by atoms with Gasteiger partial charge < -0.3 is 10.1 Å². The topological polar surface area (TPSA) is 99.9 Å². The Morgan fingerprint density at radius 2 is 2.14 bits per heavy atom. The Labute approximate surface area is 166 Å². The van der Waals surface area contributed by atoms with Gasteiger partial charge in [0.25, 0.3) is 0 Å². The minimum Gasteiger partial charge on any atom is -0.444 e. The van der Waals surface area contributed by atoms with Crippen molar-refractivity contribution in [1.82, 2.24) is 25.1 Å². The highest BCUT2D eigenvalue weighted by Crippen LogP contribution is 2.16. The summed E-state index contributed by atoms with van der Waals surface area (Å²) in [4.78, 5) is 24.4. The van der Waals surface area contributed by atoms with E-state index in [-0.39, 0.29) is 0 Å². The van der Waals surface area contributed by atoms with Crippen LogP contribution in [0.15, 0.2) is 18.3 Å². The molecule has 0 spiro atoms. The summed E-state index contributed by atoms with van der Waals surface area (Å²) in [6, 6.07) is 1.46. The first-order valence-electron chi connectivity index (χ1n) is 9.51. The van der Waals surface area contributed by atoms with Crippen molar-refractivity contribution < 1.29 is 19.5 Å². The maximum atomic E-state index is 11.6. The molecule has 0 aromatic carbocycles. The Balaban J connectivity index is 0.00000190. The number of aromatic nitrogens is 2. The van der Waals surface area contributed by atoms with E-state index < -0.39 is 17.7 Å². The number of ether oxygens (including phenoxy) is 1. The quantitative estimate of drug-likeness (QED) is 0.434. The van der Waals surface area contributed by atoms with Crippen LogP contribution in [0.4, 0.5) is 4.79 Å². The van der Waals surface area contributed by atoms with Gasteiger partial charge in [0, 0.05) is 32.3 Å². The molecule has 1 aromatic heterocycles. The second-order valence-electron chi connectivity index (χ2n) is 7.34. The zero-order chi connectivity index (χ0) is 21.3. The molecular formula is C19H33N5O4. The van der Waals surface area contributed by atoms with Crippen LogP contribution in [0.25, 0.3) is 5.70 Å². The van der Waals surface area contributed by atoms with Gasteiger partial charge in [0.2, 0.25) is 6.41 Å². The van der Waals surface area contributed by atoms with Crippen molar-refractivity contribution in [3.05, 3.63) is 24.0 Å². The molecule has 158 valence electrons. The van der Waals surface area contributed by atoms with Crippen molar-refractivity contribution in [2.24, 2.45) is 0 Å². The summed E-state index contributed by atoms with van der Waals surface area (Å²) in [6.07, 6.45) is 4.17. The monoisotopic (exact) mass is 395 g/mol. The molecular weight excluding hydrogens is 362 g/mol. The minimum atomic E-state index is -0.524. The van der Waals surface area contributed by atoms with E-state index in [9.17, 15) is 14.8 Å². The van der Waals surface area contributed by atoms with E-state index in [1.165, 1.54) is 0 Å². The van der Waals surface area contributed by atoms with E-state index >= 15 is 0 Å². The molecule has 0 saturated carbocycles. The van der Waals surface area contributed by atoms with Crippen LogP contribution in [-0.4, -0.2) is 75.8 Å². The molecule has 2 amide bonds. The van der Waals surface area contributed by atoms with Crippen molar-refractivity contribution in [3.8, 4) is 0 Å². The number of alkyl carbamates (subject to hydrolysis) is 1. The van der Waals surface area contributed by atoms with E-state index in [0.29, 0.717) is 37.5 Å². The Morgan fingerprint density at radius 3 is 2.75 bits per heavy atom. The Bertz CT molecular complexity index is 666. The summed E-state index contributed by atoms with van der Waals surface area (Å²) in [5, 5.41) is 17.5. The first-order valence-corrected chi connectivity index (χ1v) is 9.51. The normalized spacial score (nSPS) is 17.1. The van der Waals surface area contributed by atoms with Gasteiger partial charge in [0.1, 0.15) is 5.60 Å². The number of carbonyl (C=O) groups excluding carboxylic acids is 2. The van der Waals surface area contributed by atoms with Gasteiger partial charge in [-0.05, 0) is 40.0 Å². The van der Waals surface area contributed by atoms with Crippen LogP contribution in [-0.2, 0) is 16.0 Å².